The zero-order valence-corrected chi connectivity index (χ0v) is 16.2. The summed E-state index contributed by atoms with van der Waals surface area (Å²) in [4.78, 5) is 0.182. The Labute approximate surface area is 158 Å². The van der Waals surface area contributed by atoms with Gasteiger partial charge in [0.2, 0.25) is 10.0 Å². The van der Waals surface area contributed by atoms with Crippen LogP contribution in [0.25, 0.3) is 10.9 Å². The van der Waals surface area contributed by atoms with Gasteiger partial charge in [-0.15, -0.1) is 0 Å². The summed E-state index contributed by atoms with van der Waals surface area (Å²) in [6.45, 7) is 3.28. The van der Waals surface area contributed by atoms with E-state index >= 15 is 0 Å². The van der Waals surface area contributed by atoms with Gasteiger partial charge in [0.15, 0.2) is 11.5 Å². The molecule has 0 aliphatic carbocycles. The number of ether oxygens (including phenoxy) is 2. The maximum atomic E-state index is 12.6. The summed E-state index contributed by atoms with van der Waals surface area (Å²) < 4.78 is 41.1. The average Bonchev–Trinajstić information content (AvgIpc) is 2.92. The molecule has 4 rings (SSSR count). The second kappa shape index (κ2) is 6.90. The molecule has 0 amide bonds. The third kappa shape index (κ3) is 3.28. The van der Waals surface area contributed by atoms with Crippen molar-refractivity contribution < 1.29 is 17.9 Å². The number of nitrogens with zero attached hydrogens (tertiary/aromatic N) is 1. The Morgan fingerprint density at radius 3 is 2.63 bits per heavy atom. The van der Waals surface area contributed by atoms with Crippen LogP contribution in [-0.2, 0) is 23.5 Å². The zero-order chi connectivity index (χ0) is 19.0. The molecular formula is C20H22N2O4S. The fraction of sp³-hybridized carbons (Fsp3) is 0.300. The summed E-state index contributed by atoms with van der Waals surface area (Å²) >= 11 is 0. The van der Waals surface area contributed by atoms with Gasteiger partial charge in [0, 0.05) is 36.3 Å². The molecule has 0 bridgehead atoms. The maximum Gasteiger partial charge on any atom is 0.240 e. The predicted octanol–water partition coefficient (Wildman–Crippen LogP) is 2.78. The Morgan fingerprint density at radius 2 is 1.81 bits per heavy atom. The van der Waals surface area contributed by atoms with Crippen molar-refractivity contribution in [3.05, 3.63) is 53.7 Å². The molecule has 0 saturated heterocycles. The summed E-state index contributed by atoms with van der Waals surface area (Å²) in [5.74, 6) is 1.04. The largest absolute Gasteiger partial charge is 0.486 e. The molecule has 27 heavy (non-hydrogen) atoms. The average molecular weight is 386 g/mol. The van der Waals surface area contributed by atoms with E-state index in [1.165, 1.54) is 6.07 Å². The summed E-state index contributed by atoms with van der Waals surface area (Å²) in [6.07, 6.45) is 0.622. The van der Waals surface area contributed by atoms with Gasteiger partial charge < -0.3 is 14.0 Å². The van der Waals surface area contributed by atoms with Gasteiger partial charge in [-0.25, -0.2) is 13.1 Å². The van der Waals surface area contributed by atoms with Crippen LogP contribution in [0.3, 0.4) is 0 Å². The Morgan fingerprint density at radius 1 is 1.07 bits per heavy atom. The van der Waals surface area contributed by atoms with Gasteiger partial charge in [-0.2, -0.15) is 0 Å². The topological polar surface area (TPSA) is 69.6 Å². The van der Waals surface area contributed by atoms with Crippen LogP contribution in [-0.4, -0.2) is 32.7 Å². The van der Waals surface area contributed by atoms with E-state index in [0.29, 0.717) is 37.7 Å². The van der Waals surface area contributed by atoms with Gasteiger partial charge >= 0.3 is 0 Å². The zero-order valence-electron chi connectivity index (χ0n) is 15.4. The number of sulfonamides is 1. The van der Waals surface area contributed by atoms with E-state index in [1.807, 2.05) is 19.2 Å². The van der Waals surface area contributed by atoms with Crippen molar-refractivity contribution >= 4 is 20.9 Å². The quantitative estimate of drug-likeness (QED) is 0.732. The molecule has 6 nitrogen and oxygen atoms in total. The Kier molecular flexibility index (Phi) is 4.57. The highest BCUT2D eigenvalue weighted by Crippen LogP contribution is 2.32. The molecule has 0 unspecified atom stereocenters. The van der Waals surface area contributed by atoms with Crippen LogP contribution in [0.15, 0.2) is 47.4 Å². The summed E-state index contributed by atoms with van der Waals surface area (Å²) in [6, 6.07) is 12.9. The van der Waals surface area contributed by atoms with Gasteiger partial charge in [0.05, 0.1) is 4.90 Å². The molecule has 1 aliphatic heterocycles. The molecule has 0 saturated carbocycles. The molecule has 1 aromatic heterocycles. The minimum Gasteiger partial charge on any atom is -0.486 e. The highest BCUT2D eigenvalue weighted by molar-refractivity contribution is 7.89. The first-order valence-corrected chi connectivity index (χ1v) is 10.4. The van der Waals surface area contributed by atoms with Crippen molar-refractivity contribution in [2.75, 3.05) is 19.8 Å². The van der Waals surface area contributed by atoms with Gasteiger partial charge in [-0.05, 0) is 37.1 Å². The lowest BCUT2D eigenvalue weighted by Crippen LogP contribution is -2.26. The van der Waals surface area contributed by atoms with Crippen molar-refractivity contribution in [2.24, 2.45) is 7.05 Å². The molecule has 3 aromatic rings. The maximum absolute atomic E-state index is 12.6. The molecule has 2 heterocycles. The third-order valence-electron chi connectivity index (χ3n) is 5.02. The van der Waals surface area contributed by atoms with Crippen LogP contribution in [0, 0.1) is 6.92 Å². The van der Waals surface area contributed by atoms with E-state index in [-0.39, 0.29) is 4.90 Å². The number of rotatable bonds is 5. The van der Waals surface area contributed by atoms with E-state index in [4.69, 9.17) is 9.47 Å². The number of nitrogens with one attached hydrogen (secondary N) is 1. The summed E-state index contributed by atoms with van der Waals surface area (Å²) in [5, 5.41) is 1.16. The number of benzene rings is 2. The molecule has 0 spiro atoms. The first-order chi connectivity index (χ1) is 13.0. The van der Waals surface area contributed by atoms with E-state index in [0.717, 1.165) is 22.2 Å². The molecular weight excluding hydrogens is 364 g/mol. The van der Waals surface area contributed by atoms with E-state index in [1.54, 1.807) is 12.1 Å². The SMILES string of the molecule is Cc1c(CCNS(=O)(=O)c2ccc3c(c2)OCCO3)c2ccccc2n1C. The molecule has 2 aromatic carbocycles. The molecule has 0 fully saturated rings. The summed E-state index contributed by atoms with van der Waals surface area (Å²) in [7, 11) is -1.59. The molecule has 142 valence electrons. The van der Waals surface area contributed by atoms with Crippen LogP contribution < -0.4 is 14.2 Å². The van der Waals surface area contributed by atoms with Crippen LogP contribution in [0.4, 0.5) is 0 Å². The number of hydrogen-bond donors (Lipinski definition) is 1. The Hall–Kier alpha value is -2.51. The van der Waals surface area contributed by atoms with E-state index < -0.39 is 10.0 Å². The minimum atomic E-state index is -3.62. The lowest BCUT2D eigenvalue weighted by molar-refractivity contribution is 0.171. The van der Waals surface area contributed by atoms with Gasteiger partial charge in [0.25, 0.3) is 0 Å². The van der Waals surface area contributed by atoms with Crippen molar-refractivity contribution in [1.29, 1.82) is 0 Å². The molecule has 0 atom stereocenters. The first kappa shape index (κ1) is 17.9. The van der Waals surface area contributed by atoms with Crippen LogP contribution in [0.2, 0.25) is 0 Å². The minimum absolute atomic E-state index is 0.182. The number of para-hydroxylation sites is 1. The Bertz CT molecular complexity index is 1100. The standard InChI is InChI=1S/C20H22N2O4S/c1-14-16(17-5-3-4-6-18(17)22(14)2)9-10-21-27(23,24)15-7-8-19-20(13-15)26-12-11-25-19/h3-8,13,21H,9-12H2,1-2H3. The number of aromatic nitrogens is 1. The fourth-order valence-corrected chi connectivity index (χ4v) is 4.55. The van der Waals surface area contributed by atoms with E-state index in [9.17, 15) is 8.42 Å². The number of hydrogen-bond acceptors (Lipinski definition) is 4. The highest BCUT2D eigenvalue weighted by Gasteiger charge is 2.19. The number of fused-ring (bicyclic) bond motifs is 2. The first-order valence-electron chi connectivity index (χ1n) is 8.89. The van der Waals surface area contributed by atoms with Crippen LogP contribution in [0.5, 0.6) is 11.5 Å². The third-order valence-corrected chi connectivity index (χ3v) is 6.48. The lowest BCUT2D eigenvalue weighted by Gasteiger charge is -2.19. The Balaban J connectivity index is 1.51. The van der Waals surface area contributed by atoms with Gasteiger partial charge in [-0.3, -0.25) is 0 Å². The van der Waals surface area contributed by atoms with Crippen molar-refractivity contribution in [2.45, 2.75) is 18.2 Å². The summed E-state index contributed by atoms with van der Waals surface area (Å²) in [5.41, 5.74) is 3.47. The van der Waals surface area contributed by atoms with E-state index in [2.05, 4.69) is 28.3 Å². The highest BCUT2D eigenvalue weighted by atomic mass is 32.2. The fourth-order valence-electron chi connectivity index (χ4n) is 3.50. The van der Waals surface area contributed by atoms with Crippen LogP contribution in [0.1, 0.15) is 11.3 Å². The second-order valence-electron chi connectivity index (χ2n) is 6.59. The monoisotopic (exact) mass is 386 g/mol. The number of aryl methyl sites for hydroxylation is 1. The predicted molar refractivity (Wildman–Crippen MR) is 104 cm³/mol. The molecule has 1 N–H and O–H groups in total. The van der Waals surface area contributed by atoms with Crippen LogP contribution >= 0.6 is 0 Å². The van der Waals surface area contributed by atoms with Gasteiger partial charge in [-0.1, -0.05) is 18.2 Å². The van der Waals surface area contributed by atoms with Gasteiger partial charge in [0.1, 0.15) is 13.2 Å². The van der Waals surface area contributed by atoms with Crippen molar-refractivity contribution in [3.8, 4) is 11.5 Å². The smallest absolute Gasteiger partial charge is 0.240 e. The molecule has 7 heteroatoms. The molecule has 1 aliphatic rings. The van der Waals surface area contributed by atoms with Crippen molar-refractivity contribution in [1.82, 2.24) is 9.29 Å². The lowest BCUT2D eigenvalue weighted by atomic mass is 10.1. The molecule has 0 radical (unpaired) electrons. The second-order valence-corrected chi connectivity index (χ2v) is 8.36. The normalized spacial score (nSPS) is 13.9. The van der Waals surface area contributed by atoms with Crippen molar-refractivity contribution in [3.63, 3.8) is 0 Å².